The lowest BCUT2D eigenvalue weighted by Gasteiger charge is -2.15. The summed E-state index contributed by atoms with van der Waals surface area (Å²) in [5.74, 6) is 0.599. The van der Waals surface area contributed by atoms with Crippen LogP contribution in [0.3, 0.4) is 0 Å². The van der Waals surface area contributed by atoms with Gasteiger partial charge in [0.15, 0.2) is 0 Å². The smallest absolute Gasteiger partial charge is 0.217 e. The molecule has 4 rings (SSSR count). The normalized spacial score (nSPS) is 28.9. The van der Waals surface area contributed by atoms with Crippen LogP contribution in [0.5, 0.6) is 0 Å². The van der Waals surface area contributed by atoms with Gasteiger partial charge >= 0.3 is 0 Å². The Morgan fingerprint density at radius 2 is 1.95 bits per heavy atom. The van der Waals surface area contributed by atoms with E-state index in [0.717, 1.165) is 25.0 Å². The minimum Gasteiger partial charge on any atom is -0.248 e. The molecular formula is C12H18N4O2S. The van der Waals surface area contributed by atoms with E-state index in [4.69, 9.17) is 0 Å². The molecule has 1 unspecified atom stereocenters. The van der Waals surface area contributed by atoms with Crippen molar-refractivity contribution in [2.75, 3.05) is 13.1 Å². The molecule has 0 bridgehead atoms. The molecule has 2 saturated carbocycles. The Labute approximate surface area is 112 Å². The molecule has 0 N–H and O–H groups in total. The van der Waals surface area contributed by atoms with Crippen molar-refractivity contribution in [3.63, 3.8) is 0 Å². The van der Waals surface area contributed by atoms with E-state index in [-0.39, 0.29) is 11.3 Å². The molecule has 0 spiro atoms. The summed E-state index contributed by atoms with van der Waals surface area (Å²) in [7, 11) is -3.03. The highest BCUT2D eigenvalue weighted by atomic mass is 32.2. The predicted molar refractivity (Wildman–Crippen MR) is 69.2 cm³/mol. The van der Waals surface area contributed by atoms with Crippen molar-refractivity contribution in [2.24, 2.45) is 0 Å². The van der Waals surface area contributed by atoms with Crippen molar-refractivity contribution in [1.82, 2.24) is 19.3 Å². The Balaban J connectivity index is 1.48. The summed E-state index contributed by atoms with van der Waals surface area (Å²) < 4.78 is 27.9. The van der Waals surface area contributed by atoms with Gasteiger partial charge in [-0.1, -0.05) is 5.21 Å². The van der Waals surface area contributed by atoms with Gasteiger partial charge in [0.1, 0.15) is 0 Å². The Morgan fingerprint density at radius 3 is 2.63 bits per heavy atom. The summed E-state index contributed by atoms with van der Waals surface area (Å²) in [6.45, 7) is 1.19. The molecule has 3 fully saturated rings. The SMILES string of the molecule is O=S(=O)(C1CC1)N1CCC(n2cc(C3CC3)nn2)C1. The Kier molecular flexibility index (Phi) is 2.51. The van der Waals surface area contributed by atoms with E-state index in [1.807, 2.05) is 10.9 Å². The van der Waals surface area contributed by atoms with Crippen LogP contribution in [0.1, 0.15) is 49.8 Å². The van der Waals surface area contributed by atoms with Crippen LogP contribution >= 0.6 is 0 Å². The van der Waals surface area contributed by atoms with Crippen LogP contribution in [0, 0.1) is 0 Å². The first-order chi connectivity index (χ1) is 9.14. The summed E-state index contributed by atoms with van der Waals surface area (Å²) in [5.41, 5.74) is 1.07. The van der Waals surface area contributed by atoms with E-state index >= 15 is 0 Å². The predicted octanol–water partition coefficient (Wildman–Crippen LogP) is 0.894. The van der Waals surface area contributed by atoms with Crippen molar-refractivity contribution >= 4 is 10.0 Å². The van der Waals surface area contributed by atoms with Crippen LogP contribution in [-0.4, -0.2) is 46.1 Å². The Hall–Kier alpha value is -0.950. The first-order valence-electron chi connectivity index (χ1n) is 7.05. The molecule has 7 heteroatoms. The van der Waals surface area contributed by atoms with Crippen LogP contribution in [0.15, 0.2) is 6.20 Å². The van der Waals surface area contributed by atoms with Crippen molar-refractivity contribution in [3.8, 4) is 0 Å². The lowest BCUT2D eigenvalue weighted by Crippen LogP contribution is -2.32. The minimum absolute atomic E-state index is 0.107. The average molecular weight is 282 g/mol. The lowest BCUT2D eigenvalue weighted by atomic mass is 10.2. The van der Waals surface area contributed by atoms with E-state index < -0.39 is 10.0 Å². The number of hydrogen-bond acceptors (Lipinski definition) is 4. The van der Waals surface area contributed by atoms with Gasteiger partial charge in [-0.05, 0) is 32.1 Å². The number of aromatic nitrogens is 3. The molecule has 1 aromatic heterocycles. The summed E-state index contributed by atoms with van der Waals surface area (Å²) in [6.07, 6.45) is 6.95. The molecule has 3 aliphatic rings. The minimum atomic E-state index is -3.03. The second-order valence-electron chi connectivity index (χ2n) is 5.94. The fourth-order valence-corrected chi connectivity index (χ4v) is 4.66. The maximum absolute atomic E-state index is 12.2. The standard InChI is InChI=1S/C12H18N4O2S/c17-19(18,11-3-4-11)15-6-5-10(7-15)16-8-12(13-14-16)9-1-2-9/h8-11H,1-7H2. The first kappa shape index (κ1) is 11.8. The topological polar surface area (TPSA) is 68.1 Å². The zero-order valence-electron chi connectivity index (χ0n) is 10.8. The molecule has 2 heterocycles. The van der Waals surface area contributed by atoms with Gasteiger partial charge in [-0.25, -0.2) is 13.1 Å². The molecule has 0 radical (unpaired) electrons. The molecule has 1 atom stereocenters. The van der Waals surface area contributed by atoms with E-state index in [2.05, 4.69) is 10.3 Å². The maximum atomic E-state index is 12.2. The number of nitrogens with zero attached hydrogens (tertiary/aromatic N) is 4. The van der Waals surface area contributed by atoms with Gasteiger partial charge in [0.05, 0.1) is 17.0 Å². The number of rotatable bonds is 4. The van der Waals surface area contributed by atoms with Crippen LogP contribution < -0.4 is 0 Å². The van der Waals surface area contributed by atoms with Crippen molar-refractivity contribution in [2.45, 2.75) is 49.3 Å². The Morgan fingerprint density at radius 1 is 1.16 bits per heavy atom. The molecule has 1 aliphatic heterocycles. The van der Waals surface area contributed by atoms with Crippen molar-refractivity contribution in [1.29, 1.82) is 0 Å². The second kappa shape index (κ2) is 4.02. The van der Waals surface area contributed by atoms with Gasteiger partial charge in [0.25, 0.3) is 0 Å². The summed E-state index contributed by atoms with van der Waals surface area (Å²) in [6, 6.07) is 0.161. The third kappa shape index (κ3) is 2.08. The third-order valence-electron chi connectivity index (χ3n) is 4.33. The van der Waals surface area contributed by atoms with Crippen LogP contribution in [0.25, 0.3) is 0 Å². The van der Waals surface area contributed by atoms with Gasteiger partial charge in [-0.3, -0.25) is 0 Å². The molecule has 2 aliphatic carbocycles. The van der Waals surface area contributed by atoms with Crippen LogP contribution in [-0.2, 0) is 10.0 Å². The molecule has 1 saturated heterocycles. The van der Waals surface area contributed by atoms with Gasteiger partial charge < -0.3 is 0 Å². The van der Waals surface area contributed by atoms with Gasteiger partial charge in [-0.15, -0.1) is 5.10 Å². The molecule has 104 valence electrons. The number of hydrogen-bond donors (Lipinski definition) is 0. The van der Waals surface area contributed by atoms with Crippen LogP contribution in [0.2, 0.25) is 0 Å². The molecule has 0 aromatic carbocycles. The molecule has 1 aromatic rings. The van der Waals surface area contributed by atoms with Crippen molar-refractivity contribution in [3.05, 3.63) is 11.9 Å². The Bertz CT molecular complexity index is 589. The highest BCUT2D eigenvalue weighted by Crippen LogP contribution is 2.39. The van der Waals surface area contributed by atoms with E-state index in [1.165, 1.54) is 12.8 Å². The first-order valence-corrected chi connectivity index (χ1v) is 8.55. The van der Waals surface area contributed by atoms with E-state index in [0.29, 0.717) is 19.0 Å². The van der Waals surface area contributed by atoms with E-state index in [1.54, 1.807) is 4.31 Å². The number of sulfonamides is 1. The average Bonchev–Trinajstić information content (AvgIpc) is 3.31. The second-order valence-corrected chi connectivity index (χ2v) is 8.16. The highest BCUT2D eigenvalue weighted by molar-refractivity contribution is 7.90. The molecule has 6 nitrogen and oxygen atoms in total. The summed E-state index contributed by atoms with van der Waals surface area (Å²) in [5, 5.41) is 8.28. The zero-order chi connectivity index (χ0) is 13.0. The van der Waals surface area contributed by atoms with Gasteiger partial charge in [-0.2, -0.15) is 4.31 Å². The maximum Gasteiger partial charge on any atom is 0.217 e. The quantitative estimate of drug-likeness (QED) is 0.822. The van der Waals surface area contributed by atoms with Crippen LogP contribution in [0.4, 0.5) is 0 Å². The van der Waals surface area contributed by atoms with E-state index in [9.17, 15) is 8.42 Å². The summed E-state index contributed by atoms with van der Waals surface area (Å²) in [4.78, 5) is 0. The molecular weight excluding hydrogens is 264 g/mol. The highest BCUT2D eigenvalue weighted by Gasteiger charge is 2.43. The monoisotopic (exact) mass is 282 g/mol. The zero-order valence-corrected chi connectivity index (χ0v) is 11.6. The summed E-state index contributed by atoms with van der Waals surface area (Å²) >= 11 is 0. The molecule has 0 amide bonds. The molecule has 19 heavy (non-hydrogen) atoms. The van der Waals surface area contributed by atoms with Gasteiger partial charge in [0.2, 0.25) is 10.0 Å². The lowest BCUT2D eigenvalue weighted by molar-refractivity contribution is 0.428. The fraction of sp³-hybridized carbons (Fsp3) is 0.833. The third-order valence-corrected chi connectivity index (χ3v) is 6.69. The van der Waals surface area contributed by atoms with Crippen molar-refractivity contribution < 1.29 is 8.42 Å². The fourth-order valence-electron chi connectivity index (χ4n) is 2.77. The largest absolute Gasteiger partial charge is 0.248 e. The van der Waals surface area contributed by atoms with Gasteiger partial charge in [0, 0.05) is 25.2 Å².